The molecule has 0 atom stereocenters. The zero-order valence-electron chi connectivity index (χ0n) is 16.9. The van der Waals surface area contributed by atoms with Crippen molar-refractivity contribution in [3.63, 3.8) is 0 Å². The van der Waals surface area contributed by atoms with Crippen molar-refractivity contribution in [3.05, 3.63) is 48.5 Å². The fraction of sp³-hybridized carbons (Fsp3) is 0.273. The van der Waals surface area contributed by atoms with Crippen LogP contribution in [0.15, 0.2) is 53.7 Å². The minimum atomic E-state index is 0.156. The van der Waals surface area contributed by atoms with Crippen LogP contribution < -0.4 is 14.0 Å². The lowest BCUT2D eigenvalue weighted by Crippen LogP contribution is -2.32. The molecule has 0 amide bonds. The zero-order chi connectivity index (χ0) is 20.3. The maximum absolute atomic E-state index is 11.5. The quantitative estimate of drug-likeness (QED) is 0.448. The van der Waals surface area contributed by atoms with Gasteiger partial charge in [-0.1, -0.05) is 0 Å². The first-order valence-corrected chi connectivity index (χ1v) is 9.94. The van der Waals surface area contributed by atoms with Crippen molar-refractivity contribution in [1.29, 1.82) is 0 Å². The van der Waals surface area contributed by atoms with E-state index in [1.807, 2.05) is 38.4 Å². The number of hydrogen-bond acceptors (Lipinski definition) is 4. The van der Waals surface area contributed by atoms with Gasteiger partial charge in [0, 0.05) is 11.1 Å². The van der Waals surface area contributed by atoms with Crippen molar-refractivity contribution < 1.29 is 18.8 Å². The van der Waals surface area contributed by atoms with E-state index in [1.165, 1.54) is 0 Å². The highest BCUT2D eigenvalue weighted by molar-refractivity contribution is 7.99. The van der Waals surface area contributed by atoms with E-state index in [1.54, 1.807) is 32.9 Å². The van der Waals surface area contributed by atoms with Gasteiger partial charge in [0.15, 0.2) is 11.4 Å². The van der Waals surface area contributed by atoms with Gasteiger partial charge in [-0.05, 0) is 67.2 Å². The number of Topliss-reactive ketones (excluding diaryl/α,β-unsaturated/α-hetero) is 1. The Labute approximate surface area is 169 Å². The third-order valence-corrected chi connectivity index (χ3v) is 5.96. The summed E-state index contributed by atoms with van der Waals surface area (Å²) >= 11 is 1.55. The molecule has 0 saturated heterocycles. The molecule has 0 unspecified atom stereocenters. The molecule has 0 bridgehead atoms. The van der Waals surface area contributed by atoms with Crippen molar-refractivity contribution in [1.82, 2.24) is 4.57 Å². The molecule has 0 aliphatic carbocycles. The number of nitrogens with zero attached hydrogens (tertiary/aromatic N) is 2. The number of rotatable bonds is 7. The molecular weight excluding hydrogens is 372 g/mol. The van der Waals surface area contributed by atoms with Crippen molar-refractivity contribution in [3.8, 4) is 34.0 Å². The van der Waals surface area contributed by atoms with Crippen molar-refractivity contribution >= 4 is 17.5 Å². The van der Waals surface area contributed by atoms with Gasteiger partial charge in [-0.3, -0.25) is 4.79 Å². The van der Waals surface area contributed by atoms with E-state index in [4.69, 9.17) is 9.47 Å². The van der Waals surface area contributed by atoms with Gasteiger partial charge in [0.05, 0.1) is 34.1 Å². The number of thioether (sulfide) groups is 1. The van der Waals surface area contributed by atoms with Crippen LogP contribution in [0.5, 0.6) is 11.5 Å². The number of aromatic nitrogens is 2. The van der Waals surface area contributed by atoms with Gasteiger partial charge in [0.25, 0.3) is 0 Å². The molecule has 2 aromatic carbocycles. The molecule has 1 aromatic heterocycles. The summed E-state index contributed by atoms with van der Waals surface area (Å²) in [7, 11) is 7.40. The van der Waals surface area contributed by atoms with Crippen LogP contribution in [0.1, 0.15) is 6.92 Å². The highest BCUT2D eigenvalue weighted by Crippen LogP contribution is 2.35. The Morgan fingerprint density at radius 2 is 1.46 bits per heavy atom. The standard InChI is InChI=1S/C22H25N2O3S/c1-15(25)14-28-22-23(2)20(16-6-10-18(26-4)11-7-16)21(24(22)3)17-8-12-19(27-5)13-9-17/h6-13H,14H2,1-5H3/q+1. The first kappa shape index (κ1) is 20.0. The second-order valence-electron chi connectivity index (χ2n) is 6.55. The molecule has 0 saturated carbocycles. The summed E-state index contributed by atoms with van der Waals surface area (Å²) in [5, 5.41) is 1.02. The second-order valence-corrected chi connectivity index (χ2v) is 7.49. The maximum Gasteiger partial charge on any atom is 0.319 e. The molecule has 0 fully saturated rings. The van der Waals surface area contributed by atoms with Crippen molar-refractivity contribution in [2.75, 3.05) is 20.0 Å². The molecule has 6 heteroatoms. The Kier molecular flexibility index (Phi) is 6.09. The summed E-state index contributed by atoms with van der Waals surface area (Å²) < 4.78 is 14.9. The molecule has 5 nitrogen and oxygen atoms in total. The largest absolute Gasteiger partial charge is 0.497 e. The highest BCUT2D eigenvalue weighted by atomic mass is 32.2. The van der Waals surface area contributed by atoms with Gasteiger partial charge < -0.3 is 9.47 Å². The summed E-state index contributed by atoms with van der Waals surface area (Å²) in [6, 6.07) is 16.1. The summed E-state index contributed by atoms with van der Waals surface area (Å²) in [6.07, 6.45) is 0. The number of benzene rings is 2. The van der Waals surface area contributed by atoms with E-state index in [0.29, 0.717) is 5.75 Å². The third-order valence-electron chi connectivity index (χ3n) is 4.60. The van der Waals surface area contributed by atoms with Crippen molar-refractivity contribution in [2.45, 2.75) is 12.1 Å². The lowest BCUT2D eigenvalue weighted by Gasteiger charge is -2.05. The lowest BCUT2D eigenvalue weighted by atomic mass is 10.0. The van der Waals surface area contributed by atoms with E-state index in [-0.39, 0.29) is 5.78 Å². The molecule has 0 radical (unpaired) electrons. The SMILES string of the molecule is COc1ccc(-c2c(-c3ccc(OC)cc3)[n+](C)c(SCC(C)=O)n2C)cc1. The average molecular weight is 398 g/mol. The van der Waals surface area contributed by atoms with Gasteiger partial charge in [-0.15, -0.1) is 0 Å². The van der Waals surface area contributed by atoms with E-state index >= 15 is 0 Å². The first-order valence-electron chi connectivity index (χ1n) is 8.96. The highest BCUT2D eigenvalue weighted by Gasteiger charge is 2.29. The summed E-state index contributed by atoms with van der Waals surface area (Å²) in [6.45, 7) is 1.62. The third kappa shape index (κ3) is 3.92. The fourth-order valence-electron chi connectivity index (χ4n) is 3.25. The van der Waals surface area contributed by atoms with Gasteiger partial charge in [0.1, 0.15) is 17.3 Å². The number of ether oxygens (including phenoxy) is 2. The zero-order valence-corrected chi connectivity index (χ0v) is 17.7. The first-order chi connectivity index (χ1) is 13.5. The summed E-state index contributed by atoms with van der Waals surface area (Å²) in [5.74, 6) is 2.23. The van der Waals surface area contributed by atoms with Gasteiger partial charge in [0.2, 0.25) is 0 Å². The van der Waals surface area contributed by atoms with E-state index in [2.05, 4.69) is 33.4 Å². The molecule has 3 rings (SSSR count). The predicted molar refractivity (Wildman–Crippen MR) is 112 cm³/mol. The van der Waals surface area contributed by atoms with Crippen molar-refractivity contribution in [2.24, 2.45) is 14.1 Å². The minimum Gasteiger partial charge on any atom is -0.497 e. The van der Waals surface area contributed by atoms with Crippen LogP contribution in [0.2, 0.25) is 0 Å². The molecular formula is C22H25N2O3S+. The number of hydrogen-bond donors (Lipinski definition) is 0. The average Bonchev–Trinajstić information content (AvgIpc) is 2.96. The molecule has 0 aliphatic rings. The molecule has 1 heterocycles. The maximum atomic E-state index is 11.5. The number of carbonyl (C=O) groups is 1. The van der Waals surface area contributed by atoms with Gasteiger partial charge >= 0.3 is 5.16 Å². The lowest BCUT2D eigenvalue weighted by molar-refractivity contribution is -0.698. The Morgan fingerprint density at radius 1 is 0.964 bits per heavy atom. The monoisotopic (exact) mass is 397 g/mol. The molecule has 28 heavy (non-hydrogen) atoms. The van der Waals surface area contributed by atoms with Crippen LogP contribution in [-0.4, -0.2) is 30.3 Å². The Balaban J connectivity index is 2.18. The van der Waals surface area contributed by atoms with Crippen LogP contribution in [-0.2, 0) is 18.9 Å². The molecule has 146 valence electrons. The van der Waals surface area contributed by atoms with Crippen LogP contribution >= 0.6 is 11.8 Å². The topological polar surface area (TPSA) is 44.3 Å². The Hall–Kier alpha value is -2.73. The Morgan fingerprint density at radius 3 is 1.93 bits per heavy atom. The Bertz CT molecular complexity index is 906. The smallest absolute Gasteiger partial charge is 0.319 e. The summed E-state index contributed by atoms with van der Waals surface area (Å²) in [4.78, 5) is 11.5. The minimum absolute atomic E-state index is 0.156. The number of ketones is 1. The van der Waals surface area contributed by atoms with Crippen LogP contribution in [0.25, 0.3) is 22.5 Å². The molecule has 0 spiro atoms. The number of carbonyl (C=O) groups excluding carboxylic acids is 1. The van der Waals surface area contributed by atoms with Crippen LogP contribution in [0.4, 0.5) is 0 Å². The number of imidazole rings is 1. The number of methoxy groups -OCH3 is 2. The fourth-order valence-corrected chi connectivity index (χ4v) is 4.15. The molecule has 3 aromatic rings. The second kappa shape index (κ2) is 8.52. The van der Waals surface area contributed by atoms with Gasteiger partial charge in [-0.2, -0.15) is 0 Å². The molecule has 0 N–H and O–H groups in total. The molecule has 0 aliphatic heterocycles. The van der Waals surface area contributed by atoms with E-state index in [0.717, 1.165) is 39.2 Å². The van der Waals surface area contributed by atoms with Crippen LogP contribution in [0.3, 0.4) is 0 Å². The van der Waals surface area contributed by atoms with Gasteiger partial charge in [-0.25, -0.2) is 9.13 Å². The predicted octanol–water partition coefficient (Wildman–Crippen LogP) is 3.88. The van der Waals surface area contributed by atoms with E-state index in [9.17, 15) is 4.79 Å². The van der Waals surface area contributed by atoms with E-state index < -0.39 is 0 Å². The van der Waals surface area contributed by atoms with Crippen LogP contribution in [0, 0.1) is 0 Å². The summed E-state index contributed by atoms with van der Waals surface area (Å²) in [5.41, 5.74) is 4.33. The normalized spacial score (nSPS) is 10.8.